The fourth-order valence-electron chi connectivity index (χ4n) is 4.01. The van der Waals surface area contributed by atoms with Gasteiger partial charge >= 0.3 is 0 Å². The highest BCUT2D eigenvalue weighted by Gasteiger charge is 2.33. The number of fused-ring (bicyclic) bond motifs is 1. The molecule has 8 nitrogen and oxygen atoms in total. The molecule has 3 aromatic rings. The van der Waals surface area contributed by atoms with E-state index in [1.54, 1.807) is 17.0 Å². The van der Waals surface area contributed by atoms with Gasteiger partial charge in [0.25, 0.3) is 5.91 Å². The Kier molecular flexibility index (Phi) is 4.83. The maximum absolute atomic E-state index is 12.8. The Labute approximate surface area is 183 Å². The predicted molar refractivity (Wildman–Crippen MR) is 117 cm³/mol. The Morgan fingerprint density at radius 3 is 2.71 bits per heavy atom. The minimum Gasteiger partial charge on any atom is -0.383 e. The molecule has 2 aliphatic rings. The second-order valence-corrected chi connectivity index (χ2v) is 8.42. The number of carbonyl (C=O) groups excluding carboxylic acids is 1. The van der Waals surface area contributed by atoms with Crippen molar-refractivity contribution in [3.63, 3.8) is 0 Å². The maximum atomic E-state index is 12.8. The van der Waals surface area contributed by atoms with E-state index in [4.69, 9.17) is 22.4 Å². The van der Waals surface area contributed by atoms with Crippen LogP contribution in [-0.2, 0) is 4.79 Å². The molecule has 5 rings (SSSR count). The molecule has 2 aromatic heterocycles. The first-order valence-corrected chi connectivity index (χ1v) is 10.6. The molecular weight excluding hydrogens is 414 g/mol. The third kappa shape index (κ3) is 3.62. The van der Waals surface area contributed by atoms with E-state index in [0.29, 0.717) is 53.0 Å². The molecule has 1 aliphatic heterocycles. The lowest BCUT2D eigenvalue weighted by Gasteiger charge is -2.16. The Morgan fingerprint density at radius 2 is 2.00 bits per heavy atom. The number of hydrogen-bond donors (Lipinski definition) is 1. The van der Waals surface area contributed by atoms with Crippen LogP contribution >= 0.6 is 11.6 Å². The van der Waals surface area contributed by atoms with E-state index in [0.717, 1.165) is 18.4 Å². The van der Waals surface area contributed by atoms with Gasteiger partial charge in [-0.05, 0) is 37.3 Å². The van der Waals surface area contributed by atoms with E-state index < -0.39 is 0 Å². The Morgan fingerprint density at radius 1 is 1.23 bits per heavy atom. The molecule has 0 spiro atoms. The van der Waals surface area contributed by atoms with Gasteiger partial charge in [-0.15, -0.1) is 0 Å². The topological polar surface area (TPSA) is 114 Å². The minimum absolute atomic E-state index is 0.0670. The third-order valence-corrected chi connectivity index (χ3v) is 6.06. The number of carbonyl (C=O) groups is 1. The van der Waals surface area contributed by atoms with Crippen LogP contribution in [0.25, 0.3) is 22.3 Å². The number of nitrogen functional groups attached to an aromatic ring is 1. The maximum Gasteiger partial charge on any atom is 0.264 e. The third-order valence-electron chi connectivity index (χ3n) is 5.81. The first kappa shape index (κ1) is 19.5. The lowest BCUT2D eigenvalue weighted by Crippen LogP contribution is -2.30. The lowest BCUT2D eigenvalue weighted by atomic mass is 10.1. The zero-order valence-corrected chi connectivity index (χ0v) is 17.5. The normalized spacial score (nSPS) is 19.0. The summed E-state index contributed by atoms with van der Waals surface area (Å²) >= 11 is 6.04. The zero-order valence-electron chi connectivity index (χ0n) is 16.7. The Bertz CT molecular complexity index is 1240. The molecule has 31 heavy (non-hydrogen) atoms. The number of likely N-dealkylation sites (tertiary alicyclic amines) is 1. The number of benzene rings is 1. The van der Waals surface area contributed by atoms with E-state index in [2.05, 4.69) is 16.0 Å². The summed E-state index contributed by atoms with van der Waals surface area (Å²) in [5.74, 6) is 0.514. The van der Waals surface area contributed by atoms with Crippen molar-refractivity contribution in [2.75, 3.05) is 18.8 Å². The number of hydrogen-bond acceptors (Lipinski definition) is 6. The van der Waals surface area contributed by atoms with Crippen LogP contribution in [-0.4, -0.2) is 43.6 Å². The fourth-order valence-corrected chi connectivity index (χ4v) is 4.14. The summed E-state index contributed by atoms with van der Waals surface area (Å²) in [5.41, 5.74) is 8.59. The van der Waals surface area contributed by atoms with Gasteiger partial charge in [0.1, 0.15) is 29.5 Å². The van der Waals surface area contributed by atoms with Gasteiger partial charge in [0.05, 0.1) is 11.4 Å². The second kappa shape index (κ2) is 7.67. The summed E-state index contributed by atoms with van der Waals surface area (Å²) in [7, 11) is 0. The van der Waals surface area contributed by atoms with Crippen LogP contribution in [0.5, 0.6) is 0 Å². The molecule has 1 aliphatic carbocycles. The van der Waals surface area contributed by atoms with Crippen molar-refractivity contribution in [3.05, 3.63) is 47.3 Å². The second-order valence-electron chi connectivity index (χ2n) is 7.98. The lowest BCUT2D eigenvalue weighted by molar-refractivity contribution is -0.125. The minimum atomic E-state index is -0.208. The summed E-state index contributed by atoms with van der Waals surface area (Å²) < 4.78 is 1.83. The summed E-state index contributed by atoms with van der Waals surface area (Å²) in [5, 5.41) is 15.6. The van der Waals surface area contributed by atoms with Gasteiger partial charge in [-0.3, -0.25) is 4.79 Å². The van der Waals surface area contributed by atoms with Crippen molar-refractivity contribution in [1.29, 1.82) is 5.26 Å². The van der Waals surface area contributed by atoms with Crippen LogP contribution in [0.3, 0.4) is 0 Å². The van der Waals surface area contributed by atoms with E-state index in [1.807, 2.05) is 22.9 Å². The van der Waals surface area contributed by atoms with Gasteiger partial charge in [0.15, 0.2) is 5.65 Å². The van der Waals surface area contributed by atoms with Crippen LogP contribution in [0.1, 0.15) is 25.3 Å². The highest BCUT2D eigenvalue weighted by molar-refractivity contribution is 6.30. The summed E-state index contributed by atoms with van der Waals surface area (Å²) in [6.07, 6.45) is 6.05. The highest BCUT2D eigenvalue weighted by atomic mass is 35.5. The molecule has 156 valence electrons. The first-order valence-electron chi connectivity index (χ1n) is 10.2. The summed E-state index contributed by atoms with van der Waals surface area (Å²) in [4.78, 5) is 23.1. The van der Waals surface area contributed by atoms with Gasteiger partial charge in [0, 0.05) is 23.7 Å². The molecule has 0 radical (unpaired) electrons. The van der Waals surface area contributed by atoms with Gasteiger partial charge in [-0.25, -0.2) is 14.6 Å². The Balaban J connectivity index is 1.48. The van der Waals surface area contributed by atoms with E-state index >= 15 is 0 Å². The highest BCUT2D eigenvalue weighted by Crippen LogP contribution is 2.35. The molecular formula is C22H20ClN7O. The number of rotatable bonds is 4. The van der Waals surface area contributed by atoms with E-state index in [1.165, 1.54) is 6.33 Å². The van der Waals surface area contributed by atoms with Crippen LogP contribution in [0, 0.1) is 17.2 Å². The number of nitrogens with zero attached hydrogens (tertiary/aromatic N) is 6. The molecule has 1 amide bonds. The van der Waals surface area contributed by atoms with E-state index in [-0.39, 0.29) is 17.5 Å². The SMILES string of the molecule is N#CC(=CC1CC1)C(=O)N1CCC(n2nc(-c3ccc(Cl)cc3)c3c(N)ncnc32)C1. The molecule has 0 bridgehead atoms. The van der Waals surface area contributed by atoms with Gasteiger partial charge in [-0.2, -0.15) is 10.4 Å². The average Bonchev–Trinajstić information content (AvgIpc) is 3.31. The van der Waals surface area contributed by atoms with Crippen molar-refractivity contribution in [2.45, 2.75) is 25.3 Å². The zero-order chi connectivity index (χ0) is 21.5. The first-order chi connectivity index (χ1) is 15.0. The molecule has 1 saturated heterocycles. The molecule has 1 unspecified atom stereocenters. The number of aromatic nitrogens is 4. The largest absolute Gasteiger partial charge is 0.383 e. The molecule has 1 atom stereocenters. The molecule has 3 heterocycles. The van der Waals surface area contributed by atoms with Crippen LogP contribution in [0.2, 0.25) is 5.02 Å². The number of anilines is 1. The van der Waals surface area contributed by atoms with Crippen LogP contribution < -0.4 is 5.73 Å². The van der Waals surface area contributed by atoms with Crippen molar-refractivity contribution in [2.24, 2.45) is 5.92 Å². The number of halogens is 1. The summed E-state index contributed by atoms with van der Waals surface area (Å²) in [6.45, 7) is 1.02. The standard InChI is InChI=1S/C22H20ClN7O/c23-16-5-3-14(4-6-16)19-18-20(25)26-12-27-21(18)30(28-19)17-7-8-29(11-17)22(31)15(10-24)9-13-1-2-13/h3-6,9,12-13,17H,1-2,7-8,11H2,(H2,25,26,27). The molecule has 2 N–H and O–H groups in total. The quantitative estimate of drug-likeness (QED) is 0.498. The number of allylic oxidation sites excluding steroid dienone is 1. The van der Waals surface area contributed by atoms with Crippen LogP contribution in [0.4, 0.5) is 5.82 Å². The number of nitrogens with two attached hydrogens (primary N) is 1. The molecule has 2 fully saturated rings. The number of nitriles is 1. The smallest absolute Gasteiger partial charge is 0.264 e. The van der Waals surface area contributed by atoms with E-state index in [9.17, 15) is 10.1 Å². The monoisotopic (exact) mass is 433 g/mol. The molecule has 9 heteroatoms. The molecule has 1 saturated carbocycles. The van der Waals surface area contributed by atoms with Gasteiger partial charge < -0.3 is 10.6 Å². The van der Waals surface area contributed by atoms with Crippen molar-refractivity contribution < 1.29 is 4.79 Å². The average molecular weight is 434 g/mol. The predicted octanol–water partition coefficient (Wildman–Crippen LogP) is 3.36. The number of amides is 1. The Hall–Kier alpha value is -3.44. The fraction of sp³-hybridized carbons (Fsp3) is 0.318. The molecule has 1 aromatic carbocycles. The summed E-state index contributed by atoms with van der Waals surface area (Å²) in [6, 6.07) is 9.37. The van der Waals surface area contributed by atoms with Crippen molar-refractivity contribution in [3.8, 4) is 17.3 Å². The van der Waals surface area contributed by atoms with Gasteiger partial charge in [0.2, 0.25) is 0 Å². The van der Waals surface area contributed by atoms with Crippen molar-refractivity contribution in [1.82, 2.24) is 24.6 Å². The van der Waals surface area contributed by atoms with Gasteiger partial charge in [-0.1, -0.05) is 29.8 Å². The van der Waals surface area contributed by atoms with Crippen molar-refractivity contribution >= 4 is 34.4 Å². The van der Waals surface area contributed by atoms with Crippen LogP contribution in [0.15, 0.2) is 42.2 Å².